The number of anilines is 3. The van der Waals surface area contributed by atoms with E-state index in [9.17, 15) is 26.0 Å². The molecule has 0 saturated heterocycles. The van der Waals surface area contributed by atoms with Gasteiger partial charge in [-0.15, -0.1) is 0 Å². The van der Waals surface area contributed by atoms with E-state index in [-0.39, 0.29) is 27.0 Å². The number of hydrogen-bond donors (Lipinski definition) is 2. The average molecular weight is 585 g/mol. The lowest BCUT2D eigenvalue weighted by molar-refractivity contribution is -0.114. The Labute approximate surface area is 231 Å². The van der Waals surface area contributed by atoms with Crippen molar-refractivity contribution in [1.82, 2.24) is 4.98 Å². The monoisotopic (exact) mass is 584 g/mol. The molecule has 40 heavy (non-hydrogen) atoms. The average Bonchev–Trinajstić information content (AvgIpc) is 2.93. The first-order valence-corrected chi connectivity index (χ1v) is 14.9. The highest BCUT2D eigenvalue weighted by Crippen LogP contribution is 2.26. The van der Waals surface area contributed by atoms with Crippen LogP contribution in [0.5, 0.6) is 5.75 Å². The van der Waals surface area contributed by atoms with Gasteiger partial charge in [0.15, 0.2) is 0 Å². The van der Waals surface area contributed by atoms with E-state index in [1.54, 1.807) is 24.3 Å². The van der Waals surface area contributed by atoms with Crippen molar-refractivity contribution < 1.29 is 30.8 Å². The molecule has 0 aliphatic carbocycles. The Morgan fingerprint density at radius 3 is 2.12 bits per heavy atom. The van der Waals surface area contributed by atoms with E-state index in [4.69, 9.17) is 4.74 Å². The van der Waals surface area contributed by atoms with E-state index < -0.39 is 38.3 Å². The number of carbonyl (C=O) groups excluding carboxylic acids is 1. The van der Waals surface area contributed by atoms with Gasteiger partial charge in [-0.1, -0.05) is 6.07 Å². The molecular formula is C27H25FN4O6S2. The summed E-state index contributed by atoms with van der Waals surface area (Å²) in [6.45, 7) is 1.61. The summed E-state index contributed by atoms with van der Waals surface area (Å²) in [6.07, 6.45) is 1.45. The van der Waals surface area contributed by atoms with E-state index in [0.717, 1.165) is 28.6 Å². The summed E-state index contributed by atoms with van der Waals surface area (Å²) < 4.78 is 74.3. The van der Waals surface area contributed by atoms with Gasteiger partial charge in [-0.05, 0) is 91.9 Å². The molecule has 4 rings (SSSR count). The van der Waals surface area contributed by atoms with Crippen molar-refractivity contribution in [1.29, 1.82) is 0 Å². The van der Waals surface area contributed by atoms with Gasteiger partial charge in [0.1, 0.15) is 23.9 Å². The Balaban J connectivity index is 1.54. The van der Waals surface area contributed by atoms with Gasteiger partial charge in [0.05, 0.1) is 22.1 Å². The molecule has 0 unspecified atom stereocenters. The van der Waals surface area contributed by atoms with Gasteiger partial charge < -0.3 is 10.1 Å². The van der Waals surface area contributed by atoms with E-state index in [2.05, 4.69) is 15.0 Å². The standard InChI is InChI=1S/C27H25FN4O6S2/c1-2-38-23-12-10-22(11-13-23)32(40(36,37)25-14-6-20(28)7-15-25)19-27(33)30-21-8-16-24(17-9-21)39(34,35)31-26-5-3-4-18-29-26/h3-18H,2,19H2,1H3,(H,29,31)(H,30,33). The quantitative estimate of drug-likeness (QED) is 0.269. The topological polar surface area (TPSA) is 135 Å². The van der Waals surface area contributed by atoms with Gasteiger partial charge in [0, 0.05) is 11.9 Å². The fraction of sp³-hybridized carbons (Fsp3) is 0.111. The van der Waals surface area contributed by atoms with E-state index >= 15 is 0 Å². The van der Waals surface area contributed by atoms with Crippen LogP contribution in [0, 0.1) is 5.82 Å². The molecule has 0 atom stereocenters. The van der Waals surface area contributed by atoms with Crippen molar-refractivity contribution in [2.75, 3.05) is 27.5 Å². The van der Waals surface area contributed by atoms with Crippen molar-refractivity contribution in [3.8, 4) is 5.75 Å². The lowest BCUT2D eigenvalue weighted by Crippen LogP contribution is -2.38. The third kappa shape index (κ3) is 6.93. The normalized spacial score (nSPS) is 11.4. The summed E-state index contributed by atoms with van der Waals surface area (Å²) in [4.78, 5) is 16.6. The van der Waals surface area contributed by atoms with Crippen LogP contribution in [-0.2, 0) is 24.8 Å². The molecule has 0 saturated carbocycles. The third-order valence-corrected chi connectivity index (χ3v) is 8.64. The number of ether oxygens (including phenoxy) is 1. The molecule has 3 aromatic carbocycles. The van der Waals surface area contributed by atoms with Gasteiger partial charge in [-0.2, -0.15) is 0 Å². The number of pyridine rings is 1. The van der Waals surface area contributed by atoms with Crippen LogP contribution in [0.3, 0.4) is 0 Å². The first kappa shape index (κ1) is 28.5. The molecule has 0 radical (unpaired) electrons. The Morgan fingerprint density at radius 1 is 0.875 bits per heavy atom. The number of sulfonamides is 2. The number of rotatable bonds is 11. The number of halogens is 1. The zero-order chi connectivity index (χ0) is 28.8. The second-order valence-corrected chi connectivity index (χ2v) is 11.8. The van der Waals surface area contributed by atoms with E-state index in [0.29, 0.717) is 12.4 Å². The molecule has 13 heteroatoms. The van der Waals surface area contributed by atoms with Crippen molar-refractivity contribution in [3.05, 3.63) is 103 Å². The largest absolute Gasteiger partial charge is 0.494 e. The predicted molar refractivity (Wildman–Crippen MR) is 149 cm³/mol. The maximum absolute atomic E-state index is 13.5. The van der Waals surface area contributed by atoms with Crippen LogP contribution in [0.4, 0.5) is 21.6 Å². The molecule has 1 aromatic heterocycles. The minimum absolute atomic E-state index is 0.0638. The highest BCUT2D eigenvalue weighted by Gasteiger charge is 2.27. The molecular weight excluding hydrogens is 559 g/mol. The van der Waals surface area contributed by atoms with Crippen molar-refractivity contribution in [2.45, 2.75) is 16.7 Å². The number of nitrogens with one attached hydrogen (secondary N) is 2. The Hall–Kier alpha value is -4.49. The molecule has 0 aliphatic rings. The molecule has 4 aromatic rings. The number of carbonyl (C=O) groups is 1. The molecule has 208 valence electrons. The molecule has 1 amide bonds. The summed E-state index contributed by atoms with van der Waals surface area (Å²) in [5.41, 5.74) is 0.428. The Bertz CT molecular complexity index is 1670. The van der Waals surface area contributed by atoms with Gasteiger partial charge in [-0.3, -0.25) is 13.8 Å². The van der Waals surface area contributed by atoms with Crippen molar-refractivity contribution in [3.63, 3.8) is 0 Å². The SMILES string of the molecule is CCOc1ccc(N(CC(=O)Nc2ccc(S(=O)(=O)Nc3ccccn3)cc2)S(=O)(=O)c2ccc(F)cc2)cc1. The van der Waals surface area contributed by atoms with E-state index in [1.807, 2.05) is 6.92 Å². The molecule has 2 N–H and O–H groups in total. The predicted octanol–water partition coefficient (Wildman–Crippen LogP) is 4.25. The molecule has 0 aliphatic heterocycles. The minimum Gasteiger partial charge on any atom is -0.494 e. The van der Waals surface area contributed by atoms with Gasteiger partial charge in [-0.25, -0.2) is 26.2 Å². The summed E-state index contributed by atoms with van der Waals surface area (Å²) >= 11 is 0. The van der Waals surface area contributed by atoms with Crippen LogP contribution < -0.4 is 19.1 Å². The fourth-order valence-electron chi connectivity index (χ4n) is 3.59. The zero-order valence-corrected chi connectivity index (χ0v) is 22.8. The van der Waals surface area contributed by atoms with Gasteiger partial charge in [0.2, 0.25) is 5.91 Å². The second kappa shape index (κ2) is 12.1. The zero-order valence-electron chi connectivity index (χ0n) is 21.2. The molecule has 1 heterocycles. The lowest BCUT2D eigenvalue weighted by Gasteiger charge is -2.24. The number of amides is 1. The molecule has 10 nitrogen and oxygen atoms in total. The fourth-order valence-corrected chi connectivity index (χ4v) is 6.02. The van der Waals surface area contributed by atoms with Crippen molar-refractivity contribution in [2.24, 2.45) is 0 Å². The first-order chi connectivity index (χ1) is 19.1. The molecule has 0 spiro atoms. The summed E-state index contributed by atoms with van der Waals surface area (Å²) in [5, 5.41) is 2.58. The number of aromatic nitrogens is 1. The van der Waals surface area contributed by atoms with Crippen LogP contribution >= 0.6 is 0 Å². The van der Waals surface area contributed by atoms with Crippen LogP contribution in [0.2, 0.25) is 0 Å². The number of benzene rings is 3. The number of hydrogen-bond acceptors (Lipinski definition) is 7. The highest BCUT2D eigenvalue weighted by molar-refractivity contribution is 7.93. The summed E-state index contributed by atoms with van der Waals surface area (Å²) in [5.74, 6) is -0.633. The summed E-state index contributed by atoms with van der Waals surface area (Å²) in [7, 11) is -8.19. The highest BCUT2D eigenvalue weighted by atomic mass is 32.2. The maximum atomic E-state index is 13.5. The van der Waals surface area contributed by atoms with Crippen LogP contribution in [-0.4, -0.2) is 40.9 Å². The van der Waals surface area contributed by atoms with Crippen LogP contribution in [0.1, 0.15) is 6.92 Å². The lowest BCUT2D eigenvalue weighted by atomic mass is 10.3. The van der Waals surface area contributed by atoms with Crippen molar-refractivity contribution >= 4 is 43.1 Å². The minimum atomic E-state index is -4.27. The smallest absolute Gasteiger partial charge is 0.264 e. The number of nitrogens with zero attached hydrogens (tertiary/aromatic N) is 2. The van der Waals surface area contributed by atoms with Gasteiger partial charge in [0.25, 0.3) is 20.0 Å². The maximum Gasteiger partial charge on any atom is 0.264 e. The second-order valence-electron chi connectivity index (χ2n) is 8.29. The molecule has 0 bridgehead atoms. The van der Waals surface area contributed by atoms with Crippen LogP contribution in [0.25, 0.3) is 0 Å². The molecule has 0 fully saturated rings. The third-order valence-electron chi connectivity index (χ3n) is 5.48. The van der Waals surface area contributed by atoms with Crippen LogP contribution in [0.15, 0.2) is 107 Å². The Kier molecular flexibility index (Phi) is 8.65. The van der Waals surface area contributed by atoms with E-state index in [1.165, 1.54) is 48.7 Å². The first-order valence-electron chi connectivity index (χ1n) is 11.9. The van der Waals surface area contributed by atoms with Gasteiger partial charge >= 0.3 is 0 Å². The Morgan fingerprint density at radius 2 is 1.52 bits per heavy atom. The summed E-state index contributed by atoms with van der Waals surface area (Å²) in [6, 6.07) is 20.5.